The third kappa shape index (κ3) is 5.56. The first-order valence-corrected chi connectivity index (χ1v) is 8.52. The molecular formula is C20H24ClN2O2-. The van der Waals surface area contributed by atoms with Crippen molar-refractivity contribution in [3.63, 3.8) is 0 Å². The first-order valence-electron chi connectivity index (χ1n) is 8.52. The summed E-state index contributed by atoms with van der Waals surface area (Å²) < 4.78 is 5.35. The van der Waals surface area contributed by atoms with Gasteiger partial charge in [0, 0.05) is 26.2 Å². The average Bonchev–Trinajstić information content (AvgIpc) is 2.65. The number of rotatable bonds is 6. The highest BCUT2D eigenvalue weighted by Crippen LogP contribution is 2.24. The van der Waals surface area contributed by atoms with Crippen LogP contribution in [0.4, 0.5) is 0 Å². The van der Waals surface area contributed by atoms with Crippen LogP contribution in [0.15, 0.2) is 60.7 Å². The monoisotopic (exact) mass is 359 g/mol. The molecular weight excluding hydrogens is 336 g/mol. The van der Waals surface area contributed by atoms with E-state index in [2.05, 4.69) is 10.2 Å². The van der Waals surface area contributed by atoms with E-state index in [1.165, 1.54) is 0 Å². The fourth-order valence-corrected chi connectivity index (χ4v) is 3.05. The van der Waals surface area contributed by atoms with E-state index in [4.69, 9.17) is 4.74 Å². The number of nitrogens with one attached hydrogen (secondary N) is 1. The zero-order valence-electron chi connectivity index (χ0n) is 14.2. The Labute approximate surface area is 155 Å². The van der Waals surface area contributed by atoms with E-state index in [1.54, 1.807) is 0 Å². The van der Waals surface area contributed by atoms with Gasteiger partial charge in [0.25, 0.3) is 0 Å². The molecule has 0 aromatic heterocycles. The second kappa shape index (κ2) is 10.2. The molecule has 1 heterocycles. The Bertz CT molecular complexity index is 591. The predicted molar refractivity (Wildman–Crippen MR) is 95.0 cm³/mol. The summed E-state index contributed by atoms with van der Waals surface area (Å²) in [5, 5.41) is 3.11. The molecule has 25 heavy (non-hydrogen) atoms. The predicted octanol–water partition coefficient (Wildman–Crippen LogP) is -0.729. The third-order valence-corrected chi connectivity index (χ3v) is 4.36. The van der Waals surface area contributed by atoms with Crippen molar-refractivity contribution < 1.29 is 21.9 Å². The van der Waals surface area contributed by atoms with Crippen LogP contribution in [0.2, 0.25) is 0 Å². The van der Waals surface area contributed by atoms with Gasteiger partial charge in [-0.25, -0.2) is 0 Å². The Hall–Kier alpha value is -1.88. The molecule has 1 aliphatic heterocycles. The van der Waals surface area contributed by atoms with Gasteiger partial charge in [-0.05, 0) is 11.1 Å². The second-order valence-electron chi connectivity index (χ2n) is 6.00. The minimum atomic E-state index is -0.267. The molecule has 1 saturated heterocycles. The minimum absolute atomic E-state index is 0. The molecule has 1 aliphatic rings. The van der Waals surface area contributed by atoms with Crippen LogP contribution in [0.25, 0.3) is 0 Å². The number of halogens is 1. The molecule has 0 saturated carbocycles. The van der Waals surface area contributed by atoms with Gasteiger partial charge in [0.05, 0.1) is 19.1 Å². The lowest BCUT2D eigenvalue weighted by atomic mass is 9.90. The number of carbonyl (C=O) groups excluding carboxylic acids is 1. The number of benzene rings is 2. The van der Waals surface area contributed by atoms with Gasteiger partial charge in [-0.15, -0.1) is 0 Å². The molecule has 0 atom stereocenters. The Morgan fingerprint density at radius 3 is 2.00 bits per heavy atom. The van der Waals surface area contributed by atoms with Crippen molar-refractivity contribution in [2.75, 3.05) is 39.4 Å². The lowest BCUT2D eigenvalue weighted by Crippen LogP contribution is -3.00. The number of ether oxygens (including phenoxy) is 1. The zero-order chi connectivity index (χ0) is 16.6. The summed E-state index contributed by atoms with van der Waals surface area (Å²) in [7, 11) is 0. The van der Waals surface area contributed by atoms with E-state index in [1.807, 2.05) is 60.7 Å². The summed E-state index contributed by atoms with van der Waals surface area (Å²) in [4.78, 5) is 15.2. The summed E-state index contributed by atoms with van der Waals surface area (Å²) in [6.45, 7) is 4.98. The molecule has 4 nitrogen and oxygen atoms in total. The molecule has 0 bridgehead atoms. The SMILES string of the molecule is O=C(NCCN1CCOCC1)C(c1ccccc1)c1ccccc1.[Cl-]. The van der Waals surface area contributed by atoms with E-state index in [-0.39, 0.29) is 24.2 Å². The van der Waals surface area contributed by atoms with Gasteiger partial charge in [0.1, 0.15) is 0 Å². The number of carbonyl (C=O) groups is 1. The Kier molecular flexibility index (Phi) is 7.92. The topological polar surface area (TPSA) is 41.6 Å². The summed E-state index contributed by atoms with van der Waals surface area (Å²) in [6, 6.07) is 19.9. The summed E-state index contributed by atoms with van der Waals surface area (Å²) in [5.41, 5.74) is 2.04. The first kappa shape index (κ1) is 19.4. The standard InChI is InChI=1S/C20H24N2O2.ClH/c23-20(21-11-12-22-13-15-24-16-14-22)19(17-7-3-1-4-8-17)18-9-5-2-6-10-18;/h1-10,19H,11-16H2,(H,21,23);1H/p-1. The van der Waals surface area contributed by atoms with Gasteiger partial charge >= 0.3 is 0 Å². The summed E-state index contributed by atoms with van der Waals surface area (Å²) in [6.07, 6.45) is 0. The van der Waals surface area contributed by atoms with Gasteiger partial charge < -0.3 is 22.5 Å². The molecule has 0 unspecified atom stereocenters. The molecule has 134 valence electrons. The quantitative estimate of drug-likeness (QED) is 0.739. The fraction of sp³-hybridized carbons (Fsp3) is 0.350. The first-order chi connectivity index (χ1) is 11.8. The highest BCUT2D eigenvalue weighted by molar-refractivity contribution is 5.87. The van der Waals surface area contributed by atoms with Gasteiger partial charge in [-0.1, -0.05) is 60.7 Å². The minimum Gasteiger partial charge on any atom is -1.00 e. The molecule has 0 spiro atoms. The Morgan fingerprint density at radius 1 is 0.960 bits per heavy atom. The summed E-state index contributed by atoms with van der Waals surface area (Å²) >= 11 is 0. The van der Waals surface area contributed by atoms with Crippen LogP contribution < -0.4 is 17.7 Å². The average molecular weight is 360 g/mol. The Balaban J connectivity index is 0.00000225. The van der Waals surface area contributed by atoms with Crippen molar-refractivity contribution in [3.05, 3.63) is 71.8 Å². The molecule has 1 fully saturated rings. The van der Waals surface area contributed by atoms with Gasteiger partial charge in [0.15, 0.2) is 0 Å². The van der Waals surface area contributed by atoms with Crippen LogP contribution in [-0.2, 0) is 9.53 Å². The number of nitrogens with zero attached hydrogens (tertiary/aromatic N) is 1. The van der Waals surface area contributed by atoms with E-state index in [0.717, 1.165) is 44.0 Å². The van der Waals surface area contributed by atoms with Crippen molar-refractivity contribution in [2.45, 2.75) is 5.92 Å². The normalized spacial score (nSPS) is 14.8. The molecule has 0 radical (unpaired) electrons. The van der Waals surface area contributed by atoms with Crippen molar-refractivity contribution in [3.8, 4) is 0 Å². The number of morpholine rings is 1. The maximum Gasteiger partial charge on any atom is 0.232 e. The number of hydrogen-bond acceptors (Lipinski definition) is 3. The van der Waals surface area contributed by atoms with E-state index in [0.29, 0.717) is 6.54 Å². The highest BCUT2D eigenvalue weighted by atomic mass is 35.5. The molecule has 3 rings (SSSR count). The third-order valence-electron chi connectivity index (χ3n) is 4.36. The van der Waals surface area contributed by atoms with Gasteiger partial charge in [0.2, 0.25) is 5.91 Å². The van der Waals surface area contributed by atoms with Crippen LogP contribution >= 0.6 is 0 Å². The van der Waals surface area contributed by atoms with Gasteiger partial charge in [-0.3, -0.25) is 9.69 Å². The molecule has 5 heteroatoms. The van der Waals surface area contributed by atoms with Crippen LogP contribution in [0.3, 0.4) is 0 Å². The fourth-order valence-electron chi connectivity index (χ4n) is 3.05. The van der Waals surface area contributed by atoms with Crippen LogP contribution in [0, 0.1) is 0 Å². The maximum absolute atomic E-state index is 12.8. The molecule has 0 aliphatic carbocycles. The van der Waals surface area contributed by atoms with Crippen molar-refractivity contribution in [1.82, 2.24) is 10.2 Å². The lowest BCUT2D eigenvalue weighted by molar-refractivity contribution is -0.121. The molecule has 1 amide bonds. The van der Waals surface area contributed by atoms with E-state index in [9.17, 15) is 4.79 Å². The zero-order valence-corrected chi connectivity index (χ0v) is 15.0. The second-order valence-corrected chi connectivity index (χ2v) is 6.00. The highest BCUT2D eigenvalue weighted by Gasteiger charge is 2.22. The summed E-state index contributed by atoms with van der Waals surface area (Å²) in [5.74, 6) is -0.210. The van der Waals surface area contributed by atoms with Crippen LogP contribution in [0.5, 0.6) is 0 Å². The van der Waals surface area contributed by atoms with Crippen LogP contribution in [-0.4, -0.2) is 50.2 Å². The van der Waals surface area contributed by atoms with Crippen molar-refractivity contribution >= 4 is 5.91 Å². The molecule has 2 aromatic rings. The number of amides is 1. The maximum atomic E-state index is 12.8. The smallest absolute Gasteiger partial charge is 0.232 e. The van der Waals surface area contributed by atoms with Gasteiger partial charge in [-0.2, -0.15) is 0 Å². The van der Waals surface area contributed by atoms with E-state index < -0.39 is 0 Å². The lowest BCUT2D eigenvalue weighted by Gasteiger charge is -2.27. The number of hydrogen-bond donors (Lipinski definition) is 1. The Morgan fingerprint density at radius 2 is 1.48 bits per heavy atom. The van der Waals surface area contributed by atoms with Crippen LogP contribution in [0.1, 0.15) is 17.0 Å². The molecule has 2 aromatic carbocycles. The van der Waals surface area contributed by atoms with Crippen molar-refractivity contribution in [2.24, 2.45) is 0 Å². The molecule has 1 N–H and O–H groups in total. The largest absolute Gasteiger partial charge is 1.00 e. The van der Waals surface area contributed by atoms with E-state index >= 15 is 0 Å². The van der Waals surface area contributed by atoms with Crippen molar-refractivity contribution in [1.29, 1.82) is 0 Å².